The third kappa shape index (κ3) is 3.82. The van der Waals surface area contributed by atoms with Gasteiger partial charge in [0.1, 0.15) is 11.6 Å². The van der Waals surface area contributed by atoms with Gasteiger partial charge in [-0.25, -0.2) is 14.6 Å². The van der Waals surface area contributed by atoms with Crippen molar-refractivity contribution in [2.45, 2.75) is 6.92 Å². The average molecular weight is 292 g/mol. The molecule has 1 aromatic heterocycles. The van der Waals surface area contributed by atoms with Gasteiger partial charge in [-0.1, -0.05) is 0 Å². The minimum atomic E-state index is -0.767. The molecule has 7 heteroatoms. The van der Waals surface area contributed by atoms with Gasteiger partial charge in [-0.15, -0.1) is 0 Å². The van der Waals surface area contributed by atoms with E-state index in [-0.39, 0.29) is 18.2 Å². The number of benzene rings is 1. The molecule has 6 nitrogen and oxygen atoms in total. The summed E-state index contributed by atoms with van der Waals surface area (Å²) in [5, 5.41) is 0. The van der Waals surface area contributed by atoms with Gasteiger partial charge in [0, 0.05) is 5.56 Å². The van der Waals surface area contributed by atoms with Crippen molar-refractivity contribution in [3.63, 3.8) is 0 Å². The summed E-state index contributed by atoms with van der Waals surface area (Å²) in [5.74, 6) is -0.569. The summed E-state index contributed by atoms with van der Waals surface area (Å²) >= 11 is 0. The lowest BCUT2D eigenvalue weighted by atomic mass is 10.2. The zero-order valence-corrected chi connectivity index (χ0v) is 11.2. The predicted molar refractivity (Wildman–Crippen MR) is 71.7 cm³/mol. The van der Waals surface area contributed by atoms with Crippen molar-refractivity contribution in [1.82, 2.24) is 10.9 Å². The Morgan fingerprint density at radius 3 is 2.52 bits per heavy atom. The zero-order chi connectivity index (χ0) is 15.2. The number of hydrogen-bond donors (Lipinski definition) is 2. The first kappa shape index (κ1) is 14.6. The molecule has 110 valence electrons. The second-order valence-corrected chi connectivity index (χ2v) is 3.97. The maximum absolute atomic E-state index is 12.8. The largest absolute Gasteiger partial charge is 0.451 e. The van der Waals surface area contributed by atoms with E-state index in [9.17, 15) is 14.0 Å². The van der Waals surface area contributed by atoms with Crippen LogP contribution in [0.15, 0.2) is 40.8 Å². The van der Waals surface area contributed by atoms with Crippen LogP contribution >= 0.6 is 0 Å². The topological polar surface area (TPSA) is 80.6 Å². The lowest BCUT2D eigenvalue weighted by molar-refractivity contribution is 0.0886. The molecule has 0 aliphatic heterocycles. The Hall–Kier alpha value is -2.83. The number of halogens is 1. The summed E-state index contributed by atoms with van der Waals surface area (Å²) in [6.45, 7) is 1.83. The van der Waals surface area contributed by atoms with Gasteiger partial charge in [0.2, 0.25) is 0 Å². The van der Waals surface area contributed by atoms with Gasteiger partial charge in [0.25, 0.3) is 0 Å². The van der Waals surface area contributed by atoms with Crippen molar-refractivity contribution in [2.75, 3.05) is 6.61 Å². The molecule has 0 fully saturated rings. The minimum absolute atomic E-state index is 0.00567. The summed E-state index contributed by atoms with van der Waals surface area (Å²) in [6, 6.07) is 8.67. The smallest absolute Gasteiger partial charge is 0.426 e. The van der Waals surface area contributed by atoms with Crippen LogP contribution in [0, 0.1) is 5.82 Å². The molecule has 0 aliphatic carbocycles. The number of amides is 2. The molecule has 0 spiro atoms. The van der Waals surface area contributed by atoms with E-state index in [1.165, 1.54) is 30.3 Å². The van der Waals surface area contributed by atoms with Crippen LogP contribution in [-0.2, 0) is 4.74 Å². The number of ether oxygens (including phenoxy) is 1. The highest BCUT2D eigenvalue weighted by molar-refractivity contribution is 5.92. The SMILES string of the molecule is CCOC(=O)NNC(=O)c1ccc(-c2ccc(F)cc2)o1. The van der Waals surface area contributed by atoms with Gasteiger partial charge in [-0.2, -0.15) is 0 Å². The molecule has 1 aromatic carbocycles. The Morgan fingerprint density at radius 2 is 1.86 bits per heavy atom. The summed E-state index contributed by atoms with van der Waals surface area (Å²) in [7, 11) is 0. The first-order valence-corrected chi connectivity index (χ1v) is 6.19. The van der Waals surface area contributed by atoms with Gasteiger partial charge >= 0.3 is 12.0 Å². The fourth-order valence-corrected chi connectivity index (χ4v) is 1.57. The Bertz CT molecular complexity index is 637. The summed E-state index contributed by atoms with van der Waals surface area (Å²) in [4.78, 5) is 22.7. The summed E-state index contributed by atoms with van der Waals surface area (Å²) < 4.78 is 22.7. The van der Waals surface area contributed by atoms with Crippen LogP contribution in [0.3, 0.4) is 0 Å². The van der Waals surface area contributed by atoms with Crippen LogP contribution < -0.4 is 10.9 Å². The molecule has 0 saturated carbocycles. The van der Waals surface area contributed by atoms with Crippen molar-refractivity contribution in [3.05, 3.63) is 48.0 Å². The van der Waals surface area contributed by atoms with Crippen LogP contribution in [0.2, 0.25) is 0 Å². The van der Waals surface area contributed by atoms with Crippen LogP contribution in [0.25, 0.3) is 11.3 Å². The molecule has 0 bridgehead atoms. The van der Waals surface area contributed by atoms with Crippen molar-refractivity contribution in [3.8, 4) is 11.3 Å². The molecule has 2 aromatic rings. The Balaban J connectivity index is 2.00. The van der Waals surface area contributed by atoms with Gasteiger partial charge in [0.15, 0.2) is 5.76 Å². The second-order valence-electron chi connectivity index (χ2n) is 3.97. The van der Waals surface area contributed by atoms with Crippen molar-refractivity contribution in [1.29, 1.82) is 0 Å². The lowest BCUT2D eigenvalue weighted by Crippen LogP contribution is -2.41. The van der Waals surface area contributed by atoms with E-state index in [4.69, 9.17) is 4.42 Å². The third-order valence-electron chi connectivity index (χ3n) is 2.51. The fourth-order valence-electron chi connectivity index (χ4n) is 1.57. The lowest BCUT2D eigenvalue weighted by Gasteiger charge is -2.05. The van der Waals surface area contributed by atoms with Crippen molar-refractivity contribution >= 4 is 12.0 Å². The number of hydrogen-bond acceptors (Lipinski definition) is 4. The number of furan rings is 1. The maximum Gasteiger partial charge on any atom is 0.426 e. The standard InChI is InChI=1S/C14H13FN2O4/c1-2-20-14(19)17-16-13(18)12-8-7-11(21-12)9-3-5-10(15)6-4-9/h3-8H,2H2,1H3,(H,16,18)(H,17,19). The highest BCUT2D eigenvalue weighted by Gasteiger charge is 2.13. The quantitative estimate of drug-likeness (QED) is 0.852. The van der Waals surface area contributed by atoms with Gasteiger partial charge in [-0.05, 0) is 43.3 Å². The van der Waals surface area contributed by atoms with E-state index in [1.807, 2.05) is 0 Å². The average Bonchev–Trinajstić information content (AvgIpc) is 2.96. The molecular formula is C14H13FN2O4. The molecule has 0 aliphatic rings. The molecule has 21 heavy (non-hydrogen) atoms. The van der Waals surface area contributed by atoms with E-state index in [0.717, 1.165) is 0 Å². The highest BCUT2D eigenvalue weighted by atomic mass is 19.1. The van der Waals surface area contributed by atoms with E-state index >= 15 is 0 Å². The number of nitrogens with one attached hydrogen (secondary N) is 2. The molecule has 2 N–H and O–H groups in total. The fraction of sp³-hybridized carbons (Fsp3) is 0.143. The first-order valence-electron chi connectivity index (χ1n) is 6.19. The van der Waals surface area contributed by atoms with Gasteiger partial charge < -0.3 is 9.15 Å². The molecular weight excluding hydrogens is 279 g/mol. The molecule has 0 atom stereocenters. The third-order valence-corrected chi connectivity index (χ3v) is 2.51. The normalized spacial score (nSPS) is 10.0. The predicted octanol–water partition coefficient (Wildman–Crippen LogP) is 2.48. The Morgan fingerprint density at radius 1 is 1.14 bits per heavy atom. The van der Waals surface area contributed by atoms with E-state index in [2.05, 4.69) is 15.6 Å². The van der Waals surface area contributed by atoms with Crippen molar-refractivity contribution in [2.24, 2.45) is 0 Å². The Labute approximate surface area is 119 Å². The van der Waals surface area contributed by atoms with Gasteiger partial charge in [-0.3, -0.25) is 10.2 Å². The van der Waals surface area contributed by atoms with E-state index < -0.39 is 12.0 Å². The number of rotatable bonds is 3. The number of hydrazine groups is 1. The monoisotopic (exact) mass is 292 g/mol. The number of carbonyl (C=O) groups excluding carboxylic acids is 2. The van der Waals surface area contributed by atoms with Crippen molar-refractivity contribution < 1.29 is 23.1 Å². The zero-order valence-electron chi connectivity index (χ0n) is 11.2. The molecule has 1 heterocycles. The van der Waals surface area contributed by atoms with Crippen LogP contribution in [-0.4, -0.2) is 18.6 Å². The van der Waals surface area contributed by atoms with Crippen LogP contribution in [0.1, 0.15) is 17.5 Å². The molecule has 2 rings (SSSR count). The van der Waals surface area contributed by atoms with Crippen LogP contribution in [0.5, 0.6) is 0 Å². The van der Waals surface area contributed by atoms with Crippen LogP contribution in [0.4, 0.5) is 9.18 Å². The van der Waals surface area contributed by atoms with Gasteiger partial charge in [0.05, 0.1) is 6.61 Å². The number of carbonyl (C=O) groups is 2. The van der Waals surface area contributed by atoms with E-state index in [1.54, 1.807) is 13.0 Å². The first-order chi connectivity index (χ1) is 10.1. The summed E-state index contributed by atoms with van der Waals surface area (Å²) in [6.07, 6.45) is -0.767. The van der Waals surface area contributed by atoms with E-state index in [0.29, 0.717) is 11.3 Å². The maximum atomic E-state index is 12.8. The summed E-state index contributed by atoms with van der Waals surface area (Å²) in [5.41, 5.74) is 4.84. The molecule has 0 radical (unpaired) electrons. The minimum Gasteiger partial charge on any atom is -0.451 e. The Kier molecular flexibility index (Phi) is 4.55. The molecule has 0 saturated heterocycles. The highest BCUT2D eigenvalue weighted by Crippen LogP contribution is 2.22. The molecule has 0 unspecified atom stereocenters. The molecule has 2 amide bonds. The second kappa shape index (κ2) is 6.56.